The molecule has 0 aliphatic rings. The smallest absolute Gasteiger partial charge is 0.462 e. The third-order valence-electron chi connectivity index (χ3n) is 14.1. The Morgan fingerprint density at radius 2 is 0.500 bits per heavy atom. The number of carbonyl (C=O) groups is 4. The van der Waals surface area contributed by atoms with Crippen LogP contribution >= 0.6 is 15.6 Å². The lowest BCUT2D eigenvalue weighted by molar-refractivity contribution is -0.161. The van der Waals surface area contributed by atoms with E-state index in [0.717, 1.165) is 96.3 Å². The van der Waals surface area contributed by atoms with Gasteiger partial charge in [0.25, 0.3) is 0 Å². The van der Waals surface area contributed by atoms with Crippen molar-refractivity contribution in [2.75, 3.05) is 39.6 Å². The number of aliphatic hydroxyl groups is 1. The molecular weight excluding hydrogens is 1070 g/mol. The van der Waals surface area contributed by atoms with E-state index in [-0.39, 0.29) is 25.7 Å². The van der Waals surface area contributed by atoms with Crippen LogP contribution in [0.15, 0.2) is 0 Å². The SMILES string of the molecule is CCCCCCCCCCCCCCCCCC(=O)O[C@H](COC(=O)CCCCCCCCCCCCC)COP(=O)(O)OC[C@@H](O)COP(=O)(O)OC[C@@H](COC(=O)CCCCCCC)OC(=O)CCCCCCCCCCC. The second-order valence-corrected chi connectivity index (χ2v) is 25.0. The van der Waals surface area contributed by atoms with Crippen molar-refractivity contribution in [2.45, 2.75) is 329 Å². The number of hydrogen-bond acceptors (Lipinski definition) is 15. The molecule has 0 amide bonds. The van der Waals surface area contributed by atoms with Gasteiger partial charge in [-0.15, -0.1) is 0 Å². The van der Waals surface area contributed by atoms with E-state index in [4.69, 9.17) is 37.0 Å². The van der Waals surface area contributed by atoms with Crippen LogP contribution in [0.4, 0.5) is 0 Å². The molecule has 0 aromatic rings. The lowest BCUT2D eigenvalue weighted by atomic mass is 10.0. The minimum atomic E-state index is -4.94. The van der Waals surface area contributed by atoms with Gasteiger partial charge in [0, 0.05) is 25.7 Å². The van der Waals surface area contributed by atoms with Crippen LogP contribution in [-0.2, 0) is 65.4 Å². The Hall–Kier alpha value is -1.94. The van der Waals surface area contributed by atoms with Gasteiger partial charge in [-0.2, -0.15) is 0 Å². The van der Waals surface area contributed by atoms with Crippen molar-refractivity contribution >= 4 is 39.5 Å². The molecule has 5 atom stereocenters. The number of ether oxygens (including phenoxy) is 4. The Morgan fingerprint density at radius 1 is 0.300 bits per heavy atom. The zero-order valence-corrected chi connectivity index (χ0v) is 52.8. The standard InChI is InChI=1S/C61H118O17P2/c1-5-9-13-17-20-23-25-26-27-28-30-33-36-40-44-48-61(66)78-57(52-72-59(64)46-42-38-34-32-29-24-21-18-14-10-6-2)54-76-80(69,70)74-50-55(62)49-73-79(67,68)75-53-56(51-71-58(63)45-41-37-16-12-8-4)77-60(65)47-43-39-35-31-22-19-15-11-7-3/h55-57,62H,5-54H2,1-4H3,(H,67,68)(H,69,70)/t55-,56+,57+/m0/s1. The first-order valence-electron chi connectivity index (χ1n) is 32.3. The van der Waals surface area contributed by atoms with Crippen molar-refractivity contribution in [3.8, 4) is 0 Å². The maximum absolute atomic E-state index is 12.9. The molecule has 0 aromatic heterocycles. The largest absolute Gasteiger partial charge is 0.472 e. The normalized spacial score (nSPS) is 14.2. The van der Waals surface area contributed by atoms with Gasteiger partial charge in [-0.1, -0.05) is 259 Å². The minimum absolute atomic E-state index is 0.105. The summed E-state index contributed by atoms with van der Waals surface area (Å²) in [5, 5.41) is 10.5. The highest BCUT2D eigenvalue weighted by molar-refractivity contribution is 7.47. The number of phosphoric ester groups is 2. The zero-order valence-electron chi connectivity index (χ0n) is 51.0. The van der Waals surface area contributed by atoms with Crippen LogP contribution in [0.1, 0.15) is 310 Å². The van der Waals surface area contributed by atoms with E-state index in [2.05, 4.69) is 27.7 Å². The summed E-state index contributed by atoms with van der Waals surface area (Å²) in [6.45, 7) is 4.77. The van der Waals surface area contributed by atoms with Gasteiger partial charge < -0.3 is 33.8 Å². The minimum Gasteiger partial charge on any atom is -0.462 e. The van der Waals surface area contributed by atoms with Gasteiger partial charge in [0.05, 0.1) is 26.4 Å². The van der Waals surface area contributed by atoms with Crippen molar-refractivity contribution in [3.63, 3.8) is 0 Å². The quantitative estimate of drug-likeness (QED) is 0.0222. The lowest BCUT2D eigenvalue weighted by Crippen LogP contribution is -2.30. The van der Waals surface area contributed by atoms with Gasteiger partial charge in [-0.3, -0.25) is 37.3 Å². The molecule has 2 unspecified atom stereocenters. The average molecular weight is 1190 g/mol. The maximum atomic E-state index is 12.9. The summed E-state index contributed by atoms with van der Waals surface area (Å²) in [6.07, 6.45) is 40.6. The first kappa shape index (κ1) is 78.1. The third kappa shape index (κ3) is 55.3. The summed E-state index contributed by atoms with van der Waals surface area (Å²) in [4.78, 5) is 71.8. The molecule has 0 aliphatic carbocycles. The molecule has 0 saturated heterocycles. The van der Waals surface area contributed by atoms with Crippen LogP contribution in [0.2, 0.25) is 0 Å². The van der Waals surface area contributed by atoms with E-state index in [1.165, 1.54) is 135 Å². The van der Waals surface area contributed by atoms with E-state index < -0.39 is 97.5 Å². The lowest BCUT2D eigenvalue weighted by Gasteiger charge is -2.21. The Balaban J connectivity index is 5.16. The molecule has 0 radical (unpaired) electrons. The van der Waals surface area contributed by atoms with Crippen molar-refractivity contribution < 1.29 is 80.2 Å². The number of unbranched alkanes of at least 4 members (excludes halogenated alkanes) is 36. The molecule has 0 aliphatic heterocycles. The van der Waals surface area contributed by atoms with Gasteiger partial charge in [0.15, 0.2) is 12.2 Å². The highest BCUT2D eigenvalue weighted by Crippen LogP contribution is 2.45. The Morgan fingerprint density at radius 3 is 0.738 bits per heavy atom. The number of carbonyl (C=O) groups excluding carboxylic acids is 4. The number of rotatable bonds is 62. The number of aliphatic hydroxyl groups excluding tert-OH is 1. The Labute approximate surface area is 486 Å². The molecule has 3 N–H and O–H groups in total. The summed E-state index contributed by atoms with van der Waals surface area (Å²) >= 11 is 0. The van der Waals surface area contributed by atoms with Gasteiger partial charge in [-0.25, -0.2) is 9.13 Å². The molecule has 19 heteroatoms. The fraction of sp³-hybridized carbons (Fsp3) is 0.934. The Kier molecular flexibility index (Phi) is 54.8. The average Bonchev–Trinajstić information content (AvgIpc) is 3.43. The van der Waals surface area contributed by atoms with E-state index in [1.54, 1.807) is 0 Å². The van der Waals surface area contributed by atoms with E-state index in [1.807, 2.05) is 0 Å². The summed E-state index contributed by atoms with van der Waals surface area (Å²) in [7, 11) is -9.87. The second kappa shape index (κ2) is 56.2. The molecule has 0 saturated carbocycles. The van der Waals surface area contributed by atoms with Gasteiger partial charge in [0.1, 0.15) is 19.3 Å². The van der Waals surface area contributed by atoms with Crippen molar-refractivity contribution in [3.05, 3.63) is 0 Å². The topological polar surface area (TPSA) is 237 Å². The van der Waals surface area contributed by atoms with E-state index >= 15 is 0 Å². The van der Waals surface area contributed by atoms with Crippen LogP contribution in [0.3, 0.4) is 0 Å². The summed E-state index contributed by atoms with van der Waals surface area (Å²) in [5.74, 6) is -2.15. The number of hydrogen-bond donors (Lipinski definition) is 3. The van der Waals surface area contributed by atoms with E-state index in [9.17, 15) is 43.2 Å². The highest BCUT2D eigenvalue weighted by Gasteiger charge is 2.30. The van der Waals surface area contributed by atoms with Gasteiger partial charge in [0.2, 0.25) is 0 Å². The van der Waals surface area contributed by atoms with E-state index in [0.29, 0.717) is 25.7 Å². The summed E-state index contributed by atoms with van der Waals surface area (Å²) < 4.78 is 67.6. The van der Waals surface area contributed by atoms with Crippen LogP contribution < -0.4 is 0 Å². The fourth-order valence-electron chi connectivity index (χ4n) is 9.10. The second-order valence-electron chi connectivity index (χ2n) is 22.1. The van der Waals surface area contributed by atoms with Crippen LogP contribution in [0.25, 0.3) is 0 Å². The number of esters is 4. The number of phosphoric acid groups is 2. The van der Waals surface area contributed by atoms with Crippen LogP contribution in [0.5, 0.6) is 0 Å². The predicted molar refractivity (Wildman–Crippen MR) is 317 cm³/mol. The maximum Gasteiger partial charge on any atom is 0.472 e. The molecule has 0 rings (SSSR count). The fourth-order valence-corrected chi connectivity index (χ4v) is 10.7. The molecular formula is C61H118O17P2. The molecule has 80 heavy (non-hydrogen) atoms. The first-order chi connectivity index (χ1) is 38.7. The molecule has 0 heterocycles. The molecule has 0 spiro atoms. The molecule has 0 aromatic carbocycles. The summed E-state index contributed by atoms with van der Waals surface area (Å²) in [5.41, 5.74) is 0. The predicted octanol–water partition coefficient (Wildman–Crippen LogP) is 16.8. The van der Waals surface area contributed by atoms with Crippen molar-refractivity contribution in [1.29, 1.82) is 0 Å². The van der Waals surface area contributed by atoms with Crippen molar-refractivity contribution in [1.82, 2.24) is 0 Å². The monoisotopic (exact) mass is 1180 g/mol. The summed E-state index contributed by atoms with van der Waals surface area (Å²) in [6, 6.07) is 0. The zero-order chi connectivity index (χ0) is 59.1. The van der Waals surface area contributed by atoms with Gasteiger partial charge >= 0.3 is 39.5 Å². The van der Waals surface area contributed by atoms with Crippen LogP contribution in [0, 0.1) is 0 Å². The van der Waals surface area contributed by atoms with Crippen molar-refractivity contribution in [2.24, 2.45) is 0 Å². The Bertz CT molecular complexity index is 1550. The van der Waals surface area contributed by atoms with Gasteiger partial charge in [-0.05, 0) is 25.7 Å². The molecule has 17 nitrogen and oxygen atoms in total. The molecule has 0 bridgehead atoms. The third-order valence-corrected chi connectivity index (χ3v) is 16.0. The molecule has 0 fully saturated rings. The molecule has 474 valence electrons. The van der Waals surface area contributed by atoms with Crippen LogP contribution in [-0.4, -0.2) is 96.7 Å². The highest BCUT2D eigenvalue weighted by atomic mass is 31.2. The first-order valence-corrected chi connectivity index (χ1v) is 35.3.